The van der Waals surface area contributed by atoms with Crippen molar-refractivity contribution < 1.29 is 14.3 Å². The molecule has 1 unspecified atom stereocenters. The van der Waals surface area contributed by atoms with Gasteiger partial charge < -0.3 is 15.2 Å². The summed E-state index contributed by atoms with van der Waals surface area (Å²) in [4.78, 5) is 13.6. The Morgan fingerprint density at radius 3 is 2.89 bits per heavy atom. The molecule has 2 rings (SSSR count). The summed E-state index contributed by atoms with van der Waals surface area (Å²) in [6.45, 7) is 3.38. The molecule has 0 bridgehead atoms. The molecule has 2 N–H and O–H groups in total. The molecule has 5 heteroatoms. The number of ether oxygens (including phenoxy) is 2. The van der Waals surface area contributed by atoms with Crippen molar-refractivity contribution in [3.63, 3.8) is 0 Å². The summed E-state index contributed by atoms with van der Waals surface area (Å²) < 4.78 is 10.5. The number of hydrogen-bond donors (Lipinski definition) is 1. The van der Waals surface area contributed by atoms with Gasteiger partial charge in [0.15, 0.2) is 0 Å². The van der Waals surface area contributed by atoms with E-state index in [1.54, 1.807) is 12.0 Å². The third-order valence-corrected chi connectivity index (χ3v) is 3.58. The van der Waals surface area contributed by atoms with E-state index in [9.17, 15) is 4.79 Å². The number of methoxy groups -OCH3 is 1. The summed E-state index contributed by atoms with van der Waals surface area (Å²) in [6, 6.07) is 7.67. The maximum atomic E-state index is 11.9. The molecule has 0 saturated carbocycles. The largest absolute Gasteiger partial charge is 0.496 e. The molecule has 104 valence electrons. The van der Waals surface area contributed by atoms with Crippen LogP contribution < -0.4 is 10.5 Å². The molecule has 1 amide bonds. The van der Waals surface area contributed by atoms with Gasteiger partial charge in [0, 0.05) is 5.56 Å². The van der Waals surface area contributed by atoms with Gasteiger partial charge in [0.1, 0.15) is 12.4 Å². The smallest absolute Gasteiger partial charge is 0.410 e. The van der Waals surface area contributed by atoms with Gasteiger partial charge in [-0.05, 0) is 26.0 Å². The minimum absolute atomic E-state index is 0.290. The van der Waals surface area contributed by atoms with Crippen molar-refractivity contribution in [1.82, 2.24) is 4.90 Å². The fourth-order valence-corrected chi connectivity index (χ4v) is 2.37. The van der Waals surface area contributed by atoms with E-state index in [2.05, 4.69) is 0 Å². The third-order valence-electron chi connectivity index (χ3n) is 3.58. The summed E-state index contributed by atoms with van der Waals surface area (Å²) in [5, 5.41) is 0. The van der Waals surface area contributed by atoms with Crippen LogP contribution in [0.5, 0.6) is 5.75 Å². The molecule has 19 heavy (non-hydrogen) atoms. The fourth-order valence-electron chi connectivity index (χ4n) is 2.37. The van der Waals surface area contributed by atoms with Crippen LogP contribution in [0.4, 0.5) is 4.79 Å². The molecule has 0 spiro atoms. The lowest BCUT2D eigenvalue weighted by Gasteiger charge is -2.31. The Hall–Kier alpha value is -1.75. The predicted octanol–water partition coefficient (Wildman–Crippen LogP) is 1.75. The lowest BCUT2D eigenvalue weighted by molar-refractivity contribution is 0.147. The SMILES string of the molecule is COc1ccccc1CN1C(=O)OCC1(C)CCN. The zero-order chi connectivity index (χ0) is 13.9. The number of amides is 1. The standard InChI is InChI=1S/C14H20N2O3/c1-14(7-8-15)10-19-13(17)16(14)9-11-5-3-4-6-12(11)18-2/h3-6H,7-10,15H2,1-2H3. The number of nitrogens with two attached hydrogens (primary N) is 1. The van der Waals surface area contributed by atoms with Gasteiger partial charge in [-0.1, -0.05) is 18.2 Å². The van der Waals surface area contributed by atoms with Gasteiger partial charge in [-0.15, -0.1) is 0 Å². The zero-order valence-corrected chi connectivity index (χ0v) is 11.4. The highest BCUT2D eigenvalue weighted by atomic mass is 16.6. The van der Waals surface area contributed by atoms with E-state index in [0.29, 0.717) is 26.1 Å². The second-order valence-corrected chi connectivity index (χ2v) is 4.99. The Balaban J connectivity index is 2.22. The van der Waals surface area contributed by atoms with Crippen LogP contribution in [0.1, 0.15) is 18.9 Å². The summed E-state index contributed by atoms with van der Waals surface area (Å²) in [5.74, 6) is 0.775. The van der Waals surface area contributed by atoms with Crippen LogP contribution in [0.2, 0.25) is 0 Å². The Kier molecular flexibility index (Phi) is 3.95. The molecule has 0 radical (unpaired) electrons. The average Bonchev–Trinajstić information content (AvgIpc) is 2.68. The quantitative estimate of drug-likeness (QED) is 0.880. The number of hydrogen-bond acceptors (Lipinski definition) is 4. The summed E-state index contributed by atoms with van der Waals surface area (Å²) in [6.07, 6.45) is 0.426. The lowest BCUT2D eigenvalue weighted by atomic mass is 9.97. The van der Waals surface area contributed by atoms with Crippen LogP contribution in [0, 0.1) is 0 Å². The molecule has 1 aromatic carbocycles. The Bertz CT molecular complexity index is 464. The summed E-state index contributed by atoms with van der Waals surface area (Å²) in [5.41, 5.74) is 6.26. The highest BCUT2D eigenvalue weighted by molar-refractivity contribution is 5.71. The van der Waals surface area contributed by atoms with Crippen LogP contribution in [-0.4, -0.2) is 36.8 Å². The van der Waals surface area contributed by atoms with Gasteiger partial charge in [-0.2, -0.15) is 0 Å². The number of rotatable bonds is 5. The van der Waals surface area contributed by atoms with Gasteiger partial charge in [0.2, 0.25) is 0 Å². The number of cyclic esters (lactones) is 1. The van der Waals surface area contributed by atoms with E-state index in [1.807, 2.05) is 31.2 Å². The minimum Gasteiger partial charge on any atom is -0.496 e. The first kappa shape index (κ1) is 13.7. The van der Waals surface area contributed by atoms with E-state index >= 15 is 0 Å². The van der Waals surface area contributed by atoms with Gasteiger partial charge in [0.05, 0.1) is 19.2 Å². The van der Waals surface area contributed by atoms with Crippen molar-refractivity contribution in [2.24, 2.45) is 5.73 Å². The molecule has 1 heterocycles. The number of benzene rings is 1. The first-order valence-electron chi connectivity index (χ1n) is 6.37. The monoisotopic (exact) mass is 264 g/mol. The predicted molar refractivity (Wildman–Crippen MR) is 72.0 cm³/mol. The molecule has 0 aliphatic carbocycles. The van der Waals surface area contributed by atoms with Crippen LogP contribution in [0.25, 0.3) is 0 Å². The number of para-hydroxylation sites is 1. The van der Waals surface area contributed by atoms with E-state index in [-0.39, 0.29) is 11.6 Å². The van der Waals surface area contributed by atoms with Crippen molar-refractivity contribution in [2.45, 2.75) is 25.4 Å². The molecule has 1 aromatic rings. The molecule has 1 fully saturated rings. The molecule has 1 aliphatic heterocycles. The van der Waals surface area contributed by atoms with Crippen molar-refractivity contribution in [2.75, 3.05) is 20.3 Å². The molecule has 1 aliphatic rings. The second kappa shape index (κ2) is 5.48. The van der Waals surface area contributed by atoms with Gasteiger partial charge in [-0.3, -0.25) is 4.90 Å². The molecule has 0 aromatic heterocycles. The van der Waals surface area contributed by atoms with Gasteiger partial charge in [-0.25, -0.2) is 4.79 Å². The number of carbonyl (C=O) groups is 1. The Morgan fingerprint density at radius 1 is 1.47 bits per heavy atom. The van der Waals surface area contributed by atoms with Gasteiger partial charge in [0.25, 0.3) is 0 Å². The van der Waals surface area contributed by atoms with Crippen LogP contribution in [0.15, 0.2) is 24.3 Å². The van der Waals surface area contributed by atoms with Crippen molar-refractivity contribution in [3.8, 4) is 5.75 Å². The Labute approximate surface area is 113 Å². The number of carbonyl (C=O) groups excluding carboxylic acids is 1. The first-order valence-corrected chi connectivity index (χ1v) is 6.37. The van der Waals surface area contributed by atoms with E-state index in [0.717, 1.165) is 11.3 Å². The summed E-state index contributed by atoms with van der Waals surface area (Å²) in [7, 11) is 1.63. The van der Waals surface area contributed by atoms with Crippen molar-refractivity contribution in [1.29, 1.82) is 0 Å². The van der Waals surface area contributed by atoms with Gasteiger partial charge >= 0.3 is 6.09 Å². The second-order valence-electron chi connectivity index (χ2n) is 4.99. The fraction of sp³-hybridized carbons (Fsp3) is 0.500. The van der Waals surface area contributed by atoms with Crippen LogP contribution in [-0.2, 0) is 11.3 Å². The molecule has 1 atom stereocenters. The molecule has 1 saturated heterocycles. The molecular weight excluding hydrogens is 244 g/mol. The van der Waals surface area contributed by atoms with E-state index in [1.165, 1.54) is 0 Å². The topological polar surface area (TPSA) is 64.8 Å². The molecule has 5 nitrogen and oxygen atoms in total. The van der Waals surface area contributed by atoms with Crippen molar-refractivity contribution in [3.05, 3.63) is 29.8 Å². The van der Waals surface area contributed by atoms with Crippen molar-refractivity contribution >= 4 is 6.09 Å². The molecular formula is C14H20N2O3. The van der Waals surface area contributed by atoms with Crippen LogP contribution in [0.3, 0.4) is 0 Å². The third kappa shape index (κ3) is 2.66. The average molecular weight is 264 g/mol. The zero-order valence-electron chi connectivity index (χ0n) is 11.4. The highest BCUT2D eigenvalue weighted by Crippen LogP contribution is 2.31. The van der Waals surface area contributed by atoms with E-state index in [4.69, 9.17) is 15.2 Å². The highest BCUT2D eigenvalue weighted by Gasteiger charge is 2.43. The van der Waals surface area contributed by atoms with E-state index < -0.39 is 0 Å². The maximum Gasteiger partial charge on any atom is 0.410 e. The summed E-state index contributed by atoms with van der Waals surface area (Å²) >= 11 is 0. The Morgan fingerprint density at radius 2 is 2.21 bits per heavy atom. The maximum absolute atomic E-state index is 11.9. The number of nitrogens with zero attached hydrogens (tertiary/aromatic N) is 1. The van der Waals surface area contributed by atoms with Crippen LogP contribution >= 0.6 is 0 Å². The lowest BCUT2D eigenvalue weighted by Crippen LogP contribution is -2.45. The first-order chi connectivity index (χ1) is 9.10. The normalized spacial score (nSPS) is 22.5. The minimum atomic E-state index is -0.341.